The summed E-state index contributed by atoms with van der Waals surface area (Å²) in [5, 5.41) is 0. The van der Waals surface area contributed by atoms with E-state index in [2.05, 4.69) is 13.8 Å². The van der Waals surface area contributed by atoms with Crippen molar-refractivity contribution in [3.63, 3.8) is 0 Å². The minimum absolute atomic E-state index is 0.240. The smallest absolute Gasteiger partial charge is 0.225 e. The van der Waals surface area contributed by atoms with Crippen molar-refractivity contribution in [2.45, 2.75) is 58.4 Å². The van der Waals surface area contributed by atoms with Gasteiger partial charge in [-0.05, 0) is 31.6 Å². The van der Waals surface area contributed by atoms with Crippen molar-refractivity contribution in [1.29, 1.82) is 0 Å². The van der Waals surface area contributed by atoms with Crippen LogP contribution in [-0.2, 0) is 4.79 Å². The predicted molar refractivity (Wildman–Crippen MR) is 71.6 cm³/mol. The Hall–Kier alpha value is -0.570. The zero-order chi connectivity index (χ0) is 12.8. The molecule has 17 heavy (non-hydrogen) atoms. The van der Waals surface area contributed by atoms with Crippen LogP contribution in [0, 0.1) is 11.8 Å². The summed E-state index contributed by atoms with van der Waals surface area (Å²) >= 11 is 0. The molecule has 0 atom stereocenters. The summed E-state index contributed by atoms with van der Waals surface area (Å²) in [5.74, 6) is 1.22. The first kappa shape index (κ1) is 14.5. The van der Waals surface area contributed by atoms with Crippen molar-refractivity contribution in [3.8, 4) is 0 Å². The average Bonchev–Trinajstić information content (AvgIpc) is 2.25. The summed E-state index contributed by atoms with van der Waals surface area (Å²) in [7, 11) is 1.95. The summed E-state index contributed by atoms with van der Waals surface area (Å²) in [6.45, 7) is 5.21. The molecule has 1 amide bonds. The minimum atomic E-state index is 0.240. The van der Waals surface area contributed by atoms with Crippen LogP contribution < -0.4 is 5.73 Å². The Morgan fingerprint density at radius 3 is 2.24 bits per heavy atom. The first-order chi connectivity index (χ1) is 8.08. The van der Waals surface area contributed by atoms with E-state index < -0.39 is 0 Å². The van der Waals surface area contributed by atoms with E-state index in [0.29, 0.717) is 17.9 Å². The number of nitrogens with two attached hydrogens (primary N) is 1. The van der Waals surface area contributed by atoms with Crippen LogP contribution in [0.15, 0.2) is 0 Å². The maximum Gasteiger partial charge on any atom is 0.225 e. The fraction of sp³-hybridized carbons (Fsp3) is 0.929. The SMILES string of the molecule is CCCC(CCC)C(=O)N(C)CC1CC(N)C1. The fourth-order valence-electron chi connectivity index (χ4n) is 2.81. The molecule has 2 N–H and O–H groups in total. The molecule has 0 spiro atoms. The average molecular weight is 240 g/mol. The van der Waals surface area contributed by atoms with Gasteiger partial charge in [0.15, 0.2) is 0 Å². The Morgan fingerprint density at radius 1 is 1.29 bits per heavy atom. The maximum absolute atomic E-state index is 12.3. The van der Waals surface area contributed by atoms with Gasteiger partial charge in [0.2, 0.25) is 5.91 Å². The number of hydrogen-bond acceptors (Lipinski definition) is 2. The first-order valence-corrected chi connectivity index (χ1v) is 7.09. The van der Waals surface area contributed by atoms with Crippen LogP contribution in [0.25, 0.3) is 0 Å². The molecular formula is C14H28N2O. The van der Waals surface area contributed by atoms with E-state index in [4.69, 9.17) is 5.73 Å². The number of carbonyl (C=O) groups excluding carboxylic acids is 1. The van der Waals surface area contributed by atoms with Crippen molar-refractivity contribution < 1.29 is 4.79 Å². The van der Waals surface area contributed by atoms with Crippen molar-refractivity contribution in [3.05, 3.63) is 0 Å². The zero-order valence-corrected chi connectivity index (χ0v) is 11.6. The van der Waals surface area contributed by atoms with Crippen molar-refractivity contribution in [2.75, 3.05) is 13.6 Å². The van der Waals surface area contributed by atoms with E-state index in [0.717, 1.165) is 45.1 Å². The quantitative estimate of drug-likeness (QED) is 0.742. The van der Waals surface area contributed by atoms with E-state index in [-0.39, 0.29) is 5.92 Å². The Morgan fingerprint density at radius 2 is 1.82 bits per heavy atom. The number of carbonyl (C=O) groups is 1. The summed E-state index contributed by atoms with van der Waals surface area (Å²) in [6, 6.07) is 0.380. The Labute approximate surface area is 106 Å². The van der Waals surface area contributed by atoms with Gasteiger partial charge in [0.1, 0.15) is 0 Å². The first-order valence-electron chi connectivity index (χ1n) is 7.09. The van der Waals surface area contributed by atoms with Crippen LogP contribution in [0.5, 0.6) is 0 Å². The molecule has 1 aliphatic carbocycles. The van der Waals surface area contributed by atoms with Crippen LogP contribution in [0.1, 0.15) is 52.4 Å². The monoisotopic (exact) mass is 240 g/mol. The zero-order valence-electron chi connectivity index (χ0n) is 11.6. The molecule has 0 aromatic heterocycles. The molecule has 0 heterocycles. The standard InChI is InChI=1S/C14H28N2O/c1-4-6-12(7-5-2)14(17)16(3)10-11-8-13(15)9-11/h11-13H,4-10,15H2,1-3H3. The molecule has 0 aliphatic heterocycles. The van der Waals surface area contributed by atoms with Crippen molar-refractivity contribution in [2.24, 2.45) is 17.6 Å². The third kappa shape index (κ3) is 4.30. The van der Waals surface area contributed by atoms with Gasteiger partial charge in [-0.25, -0.2) is 0 Å². The molecule has 0 unspecified atom stereocenters. The van der Waals surface area contributed by atoms with Gasteiger partial charge in [-0.3, -0.25) is 4.79 Å². The Balaban J connectivity index is 2.36. The summed E-state index contributed by atoms with van der Waals surface area (Å²) < 4.78 is 0. The lowest BCUT2D eigenvalue weighted by molar-refractivity contribution is -0.135. The van der Waals surface area contributed by atoms with Crippen LogP contribution in [0.2, 0.25) is 0 Å². The lowest BCUT2D eigenvalue weighted by atomic mass is 9.80. The highest BCUT2D eigenvalue weighted by Gasteiger charge is 2.29. The summed E-state index contributed by atoms with van der Waals surface area (Å²) in [6.07, 6.45) is 6.42. The highest BCUT2D eigenvalue weighted by molar-refractivity contribution is 5.78. The molecule has 0 aromatic rings. The third-order valence-electron chi connectivity index (χ3n) is 3.80. The van der Waals surface area contributed by atoms with Crippen LogP contribution in [-0.4, -0.2) is 30.4 Å². The molecule has 1 aliphatic rings. The highest BCUT2D eigenvalue weighted by Crippen LogP contribution is 2.27. The molecule has 0 bridgehead atoms. The van der Waals surface area contributed by atoms with Gasteiger partial charge >= 0.3 is 0 Å². The molecule has 3 heteroatoms. The third-order valence-corrected chi connectivity index (χ3v) is 3.80. The predicted octanol–water partition coefficient (Wildman–Crippen LogP) is 2.40. The number of nitrogens with zero attached hydrogens (tertiary/aromatic N) is 1. The lowest BCUT2D eigenvalue weighted by Crippen LogP contribution is -2.44. The molecule has 0 aromatic carbocycles. The van der Waals surface area contributed by atoms with E-state index in [1.165, 1.54) is 0 Å². The van der Waals surface area contributed by atoms with E-state index in [1.807, 2.05) is 11.9 Å². The van der Waals surface area contributed by atoms with Gasteiger partial charge in [-0.1, -0.05) is 26.7 Å². The fourth-order valence-corrected chi connectivity index (χ4v) is 2.81. The van der Waals surface area contributed by atoms with Crippen LogP contribution in [0.4, 0.5) is 0 Å². The molecular weight excluding hydrogens is 212 g/mol. The van der Waals surface area contributed by atoms with Crippen LogP contribution in [0.3, 0.4) is 0 Å². The van der Waals surface area contributed by atoms with Gasteiger partial charge in [-0.2, -0.15) is 0 Å². The summed E-state index contributed by atoms with van der Waals surface area (Å²) in [5.41, 5.74) is 5.77. The molecule has 0 radical (unpaired) electrons. The summed E-state index contributed by atoms with van der Waals surface area (Å²) in [4.78, 5) is 14.2. The molecule has 100 valence electrons. The van der Waals surface area contributed by atoms with Gasteiger partial charge in [0, 0.05) is 25.6 Å². The number of rotatable bonds is 7. The van der Waals surface area contributed by atoms with E-state index >= 15 is 0 Å². The number of hydrogen-bond donors (Lipinski definition) is 1. The Kier molecular flexibility index (Phi) is 5.96. The van der Waals surface area contributed by atoms with Gasteiger partial charge in [0.05, 0.1) is 0 Å². The highest BCUT2D eigenvalue weighted by atomic mass is 16.2. The van der Waals surface area contributed by atoms with E-state index in [9.17, 15) is 4.79 Å². The van der Waals surface area contributed by atoms with Gasteiger partial charge in [0.25, 0.3) is 0 Å². The largest absolute Gasteiger partial charge is 0.345 e. The van der Waals surface area contributed by atoms with Gasteiger partial charge in [-0.15, -0.1) is 0 Å². The lowest BCUT2D eigenvalue weighted by Gasteiger charge is -2.36. The molecule has 1 rings (SSSR count). The van der Waals surface area contributed by atoms with Crippen LogP contribution >= 0.6 is 0 Å². The second-order valence-electron chi connectivity index (χ2n) is 5.59. The maximum atomic E-state index is 12.3. The minimum Gasteiger partial charge on any atom is -0.345 e. The van der Waals surface area contributed by atoms with Crippen molar-refractivity contribution >= 4 is 5.91 Å². The molecule has 1 fully saturated rings. The molecule has 3 nitrogen and oxygen atoms in total. The second-order valence-corrected chi connectivity index (χ2v) is 5.59. The molecule has 1 saturated carbocycles. The molecule has 0 saturated heterocycles. The Bertz CT molecular complexity index is 230. The number of amides is 1. The van der Waals surface area contributed by atoms with Crippen molar-refractivity contribution in [1.82, 2.24) is 4.90 Å². The second kappa shape index (κ2) is 7.00. The van der Waals surface area contributed by atoms with E-state index in [1.54, 1.807) is 0 Å². The normalized spacial score (nSPS) is 23.6. The van der Waals surface area contributed by atoms with Gasteiger partial charge < -0.3 is 10.6 Å². The topological polar surface area (TPSA) is 46.3 Å².